The van der Waals surface area contributed by atoms with Crippen molar-refractivity contribution in [3.8, 4) is 0 Å². The van der Waals surface area contributed by atoms with Crippen LogP contribution in [0.15, 0.2) is 30.3 Å². The molecule has 0 radical (unpaired) electrons. The van der Waals surface area contributed by atoms with Crippen LogP contribution >= 0.6 is 22.9 Å². The van der Waals surface area contributed by atoms with E-state index >= 15 is 0 Å². The van der Waals surface area contributed by atoms with Crippen LogP contribution in [0.3, 0.4) is 0 Å². The molecule has 0 fully saturated rings. The Morgan fingerprint density at radius 3 is 2.89 bits per heavy atom. The molecule has 0 saturated heterocycles. The number of anilines is 1. The van der Waals surface area contributed by atoms with Gasteiger partial charge in [-0.05, 0) is 49.2 Å². The lowest BCUT2D eigenvalue weighted by Gasteiger charge is -2.07. The second-order valence-corrected chi connectivity index (χ2v) is 6.30. The fraction of sp³-hybridized carbons (Fsp3) is 0.214. The minimum atomic E-state index is -0.114. The van der Waals surface area contributed by atoms with Gasteiger partial charge in [0.25, 0.3) is 0 Å². The third-order valence-corrected chi connectivity index (χ3v) is 4.42. The Morgan fingerprint density at radius 2 is 2.17 bits per heavy atom. The van der Waals surface area contributed by atoms with Gasteiger partial charge < -0.3 is 5.32 Å². The van der Waals surface area contributed by atoms with E-state index in [1.165, 1.54) is 9.75 Å². The summed E-state index contributed by atoms with van der Waals surface area (Å²) in [5.41, 5.74) is 1.90. The fourth-order valence-electron chi connectivity index (χ4n) is 2.30. The van der Waals surface area contributed by atoms with Crippen LogP contribution in [0.1, 0.15) is 21.2 Å². The molecule has 1 aliphatic heterocycles. The van der Waals surface area contributed by atoms with Gasteiger partial charge in [-0.25, -0.2) is 0 Å². The number of benzene rings is 1. The van der Waals surface area contributed by atoms with Gasteiger partial charge in [-0.1, -0.05) is 11.6 Å². The molecule has 1 N–H and O–H groups in total. The molecule has 1 aromatic heterocycles. The van der Waals surface area contributed by atoms with Crippen LogP contribution in [-0.4, -0.2) is 5.91 Å². The zero-order valence-electron chi connectivity index (χ0n) is 9.87. The summed E-state index contributed by atoms with van der Waals surface area (Å²) in [4.78, 5) is 14.5. The zero-order valence-corrected chi connectivity index (χ0v) is 11.4. The van der Waals surface area contributed by atoms with E-state index in [-0.39, 0.29) is 11.8 Å². The molecule has 3 rings (SSSR count). The van der Waals surface area contributed by atoms with Gasteiger partial charge >= 0.3 is 0 Å². The van der Waals surface area contributed by atoms with Crippen LogP contribution in [0.25, 0.3) is 0 Å². The monoisotopic (exact) mass is 277 g/mol. The molecule has 1 aliphatic rings. The molecule has 0 bridgehead atoms. The van der Waals surface area contributed by atoms with Crippen LogP contribution in [0.2, 0.25) is 5.02 Å². The van der Waals surface area contributed by atoms with E-state index in [1.807, 2.05) is 12.1 Å². The van der Waals surface area contributed by atoms with E-state index in [4.69, 9.17) is 11.6 Å². The average Bonchev–Trinajstić information content (AvgIpc) is 2.86. The van der Waals surface area contributed by atoms with Crippen molar-refractivity contribution in [2.45, 2.75) is 19.3 Å². The molecule has 0 saturated carbocycles. The Morgan fingerprint density at radius 1 is 1.33 bits per heavy atom. The zero-order chi connectivity index (χ0) is 12.7. The lowest BCUT2D eigenvalue weighted by Crippen LogP contribution is -2.13. The molecule has 0 spiro atoms. The van der Waals surface area contributed by atoms with Gasteiger partial charge in [0, 0.05) is 20.5 Å². The molecule has 2 aromatic rings. The number of amides is 1. The Bertz CT molecular complexity index is 620. The van der Waals surface area contributed by atoms with Gasteiger partial charge in [0.05, 0.1) is 5.92 Å². The van der Waals surface area contributed by atoms with Gasteiger partial charge in [-0.2, -0.15) is 0 Å². The molecule has 0 unspecified atom stereocenters. The standard InChI is InChI=1S/C14H12ClNOS/c1-8-2-4-10(18-8)7-12-11-6-9(15)3-5-13(11)16-14(12)17/h2-6,12H,7H2,1H3,(H,16,17)/t12-/m0/s1. The highest BCUT2D eigenvalue weighted by molar-refractivity contribution is 7.11. The summed E-state index contributed by atoms with van der Waals surface area (Å²) < 4.78 is 0. The maximum absolute atomic E-state index is 12.0. The lowest BCUT2D eigenvalue weighted by atomic mass is 9.96. The number of thiophene rings is 1. The minimum Gasteiger partial charge on any atom is -0.325 e. The first-order valence-electron chi connectivity index (χ1n) is 5.79. The van der Waals surface area contributed by atoms with Crippen LogP contribution < -0.4 is 5.32 Å². The van der Waals surface area contributed by atoms with Gasteiger partial charge in [0.2, 0.25) is 5.91 Å². The van der Waals surface area contributed by atoms with Crippen molar-refractivity contribution in [3.63, 3.8) is 0 Å². The van der Waals surface area contributed by atoms with Crippen molar-refractivity contribution in [2.75, 3.05) is 5.32 Å². The van der Waals surface area contributed by atoms with E-state index in [0.717, 1.165) is 17.7 Å². The Labute approximate surface area is 115 Å². The van der Waals surface area contributed by atoms with Crippen LogP contribution in [0, 0.1) is 6.92 Å². The van der Waals surface area contributed by atoms with Crippen molar-refractivity contribution in [2.24, 2.45) is 0 Å². The number of carbonyl (C=O) groups excluding carboxylic acids is 1. The van der Waals surface area contributed by atoms with Crippen molar-refractivity contribution < 1.29 is 4.79 Å². The lowest BCUT2D eigenvalue weighted by molar-refractivity contribution is -0.117. The van der Waals surface area contributed by atoms with Gasteiger partial charge in [-0.3, -0.25) is 4.79 Å². The van der Waals surface area contributed by atoms with E-state index in [2.05, 4.69) is 24.4 Å². The highest BCUT2D eigenvalue weighted by Gasteiger charge is 2.30. The normalized spacial score (nSPS) is 17.7. The number of carbonyl (C=O) groups is 1. The molecule has 2 heterocycles. The largest absolute Gasteiger partial charge is 0.325 e. The Balaban J connectivity index is 1.93. The number of fused-ring (bicyclic) bond motifs is 1. The topological polar surface area (TPSA) is 29.1 Å². The number of halogens is 1. The quantitative estimate of drug-likeness (QED) is 0.884. The van der Waals surface area contributed by atoms with Crippen molar-refractivity contribution in [1.82, 2.24) is 0 Å². The summed E-state index contributed by atoms with van der Waals surface area (Å²) in [6, 6.07) is 9.75. The summed E-state index contributed by atoms with van der Waals surface area (Å²) in [6.07, 6.45) is 0.748. The second-order valence-electron chi connectivity index (χ2n) is 4.49. The summed E-state index contributed by atoms with van der Waals surface area (Å²) >= 11 is 7.75. The molecule has 1 aromatic carbocycles. The molecule has 4 heteroatoms. The van der Waals surface area contributed by atoms with Crippen molar-refractivity contribution >= 4 is 34.5 Å². The molecule has 18 heavy (non-hydrogen) atoms. The predicted molar refractivity (Wildman–Crippen MR) is 75.6 cm³/mol. The number of rotatable bonds is 2. The number of hydrogen-bond acceptors (Lipinski definition) is 2. The number of hydrogen-bond donors (Lipinski definition) is 1. The number of nitrogens with one attached hydrogen (secondary N) is 1. The molecule has 92 valence electrons. The smallest absolute Gasteiger partial charge is 0.232 e. The maximum Gasteiger partial charge on any atom is 0.232 e. The summed E-state index contributed by atoms with van der Waals surface area (Å²) in [7, 11) is 0. The van der Waals surface area contributed by atoms with Gasteiger partial charge in [0.1, 0.15) is 0 Å². The fourth-order valence-corrected chi connectivity index (χ4v) is 3.41. The van der Waals surface area contributed by atoms with E-state index in [0.29, 0.717) is 5.02 Å². The first-order valence-corrected chi connectivity index (χ1v) is 6.98. The maximum atomic E-state index is 12.0. The molecule has 1 amide bonds. The van der Waals surface area contributed by atoms with Crippen molar-refractivity contribution in [3.05, 3.63) is 50.7 Å². The third-order valence-electron chi connectivity index (χ3n) is 3.16. The molecule has 1 atom stereocenters. The second kappa shape index (κ2) is 4.41. The summed E-state index contributed by atoms with van der Waals surface area (Å²) in [5, 5.41) is 3.59. The van der Waals surface area contributed by atoms with Gasteiger partial charge in [0.15, 0.2) is 0 Å². The first kappa shape index (κ1) is 11.8. The van der Waals surface area contributed by atoms with Crippen LogP contribution in [0.4, 0.5) is 5.69 Å². The molecular formula is C14H12ClNOS. The summed E-state index contributed by atoms with van der Waals surface area (Å²) in [6.45, 7) is 2.08. The molecule has 0 aliphatic carbocycles. The Hall–Kier alpha value is -1.32. The van der Waals surface area contributed by atoms with Gasteiger partial charge in [-0.15, -0.1) is 11.3 Å². The predicted octanol–water partition coefficient (Wildman–Crippen LogP) is 3.99. The molecular weight excluding hydrogens is 266 g/mol. The van der Waals surface area contributed by atoms with Crippen LogP contribution in [-0.2, 0) is 11.2 Å². The highest BCUT2D eigenvalue weighted by atomic mass is 35.5. The SMILES string of the molecule is Cc1ccc(C[C@@H]2C(=O)Nc3ccc(Cl)cc32)s1. The number of aryl methyl sites for hydroxylation is 1. The highest BCUT2D eigenvalue weighted by Crippen LogP contribution is 2.37. The molecule has 2 nitrogen and oxygen atoms in total. The third kappa shape index (κ3) is 2.04. The van der Waals surface area contributed by atoms with E-state index in [9.17, 15) is 4.79 Å². The van der Waals surface area contributed by atoms with Crippen molar-refractivity contribution in [1.29, 1.82) is 0 Å². The minimum absolute atomic E-state index is 0.0679. The van der Waals surface area contributed by atoms with E-state index < -0.39 is 0 Å². The average molecular weight is 278 g/mol. The van der Waals surface area contributed by atoms with Crippen LogP contribution in [0.5, 0.6) is 0 Å². The Kier molecular flexibility index (Phi) is 2.88. The van der Waals surface area contributed by atoms with E-state index in [1.54, 1.807) is 17.4 Å². The first-order chi connectivity index (χ1) is 8.63. The summed E-state index contributed by atoms with van der Waals surface area (Å²) in [5.74, 6) is -0.0462.